The minimum absolute atomic E-state index is 0.285. The zero-order valence-electron chi connectivity index (χ0n) is 14.9. The standard InChI is InChI=1S/C20H22FN3O3/c21-16-4-1-3-15(13-16)18-19(25)23-10-11-24(18)20(26)14-5-7-17(8-6-14)27-12-2-9-22/h1,3-8,13,18H,2,9-12,22H2,(H,23,25)/t18-/m0/s1. The quantitative estimate of drug-likeness (QED) is 0.759. The van der Waals surface area contributed by atoms with Crippen molar-refractivity contribution in [3.63, 3.8) is 0 Å². The monoisotopic (exact) mass is 371 g/mol. The fourth-order valence-electron chi connectivity index (χ4n) is 3.03. The lowest BCUT2D eigenvalue weighted by Crippen LogP contribution is -2.52. The Labute approximate surface area is 157 Å². The van der Waals surface area contributed by atoms with Gasteiger partial charge in [0.25, 0.3) is 5.91 Å². The predicted molar refractivity (Wildman–Crippen MR) is 98.8 cm³/mol. The molecule has 0 bridgehead atoms. The Kier molecular flexibility index (Phi) is 6.03. The SMILES string of the molecule is NCCCOc1ccc(C(=O)N2CCNC(=O)[C@@H]2c2cccc(F)c2)cc1. The van der Waals surface area contributed by atoms with Crippen molar-refractivity contribution in [1.82, 2.24) is 10.2 Å². The summed E-state index contributed by atoms with van der Waals surface area (Å²) < 4.78 is 19.2. The van der Waals surface area contributed by atoms with Gasteiger partial charge in [0.05, 0.1) is 6.61 Å². The van der Waals surface area contributed by atoms with E-state index in [2.05, 4.69) is 5.32 Å². The zero-order valence-corrected chi connectivity index (χ0v) is 14.9. The van der Waals surface area contributed by atoms with E-state index in [0.29, 0.717) is 43.1 Å². The molecule has 1 aliphatic heterocycles. The molecular weight excluding hydrogens is 349 g/mol. The molecule has 3 N–H and O–H groups in total. The maximum atomic E-state index is 13.6. The van der Waals surface area contributed by atoms with Crippen LogP contribution in [0.15, 0.2) is 48.5 Å². The maximum absolute atomic E-state index is 13.6. The molecule has 0 aromatic heterocycles. The van der Waals surface area contributed by atoms with E-state index in [1.807, 2.05) is 0 Å². The third kappa shape index (κ3) is 4.43. The highest BCUT2D eigenvalue weighted by molar-refractivity contribution is 5.98. The first-order valence-corrected chi connectivity index (χ1v) is 8.87. The van der Waals surface area contributed by atoms with Gasteiger partial charge in [0.1, 0.15) is 17.6 Å². The molecule has 1 atom stereocenters. The summed E-state index contributed by atoms with van der Waals surface area (Å²) in [4.78, 5) is 26.8. The molecule has 3 rings (SSSR count). The third-order valence-corrected chi connectivity index (χ3v) is 4.36. The van der Waals surface area contributed by atoms with Gasteiger partial charge in [0.2, 0.25) is 5.91 Å². The molecule has 2 amide bonds. The summed E-state index contributed by atoms with van der Waals surface area (Å²) in [5, 5.41) is 2.74. The molecule has 2 aromatic rings. The predicted octanol–water partition coefficient (Wildman–Crippen LogP) is 1.87. The Morgan fingerprint density at radius 2 is 2.04 bits per heavy atom. The number of nitrogens with two attached hydrogens (primary N) is 1. The van der Waals surface area contributed by atoms with Crippen LogP contribution in [0.3, 0.4) is 0 Å². The number of benzene rings is 2. The van der Waals surface area contributed by atoms with Gasteiger partial charge < -0.3 is 20.7 Å². The summed E-state index contributed by atoms with van der Waals surface area (Å²) in [6, 6.07) is 11.7. The summed E-state index contributed by atoms with van der Waals surface area (Å²) in [5.41, 5.74) is 6.32. The van der Waals surface area contributed by atoms with Gasteiger partial charge in [-0.1, -0.05) is 12.1 Å². The van der Waals surface area contributed by atoms with E-state index in [1.54, 1.807) is 30.3 Å². The Bertz CT molecular complexity index is 810. The average molecular weight is 371 g/mol. The van der Waals surface area contributed by atoms with Crippen LogP contribution in [-0.4, -0.2) is 43.0 Å². The van der Waals surface area contributed by atoms with Gasteiger partial charge in [-0.15, -0.1) is 0 Å². The number of piperazine rings is 1. The van der Waals surface area contributed by atoms with E-state index < -0.39 is 11.9 Å². The smallest absolute Gasteiger partial charge is 0.254 e. The van der Waals surface area contributed by atoms with Crippen LogP contribution in [0.2, 0.25) is 0 Å². The van der Waals surface area contributed by atoms with Crippen LogP contribution in [0.5, 0.6) is 5.75 Å². The summed E-state index contributed by atoms with van der Waals surface area (Å²) in [7, 11) is 0. The van der Waals surface area contributed by atoms with Crippen LogP contribution >= 0.6 is 0 Å². The molecule has 0 saturated carbocycles. The lowest BCUT2D eigenvalue weighted by molar-refractivity contribution is -0.128. The number of ether oxygens (including phenoxy) is 1. The van der Waals surface area contributed by atoms with Crippen molar-refractivity contribution in [2.24, 2.45) is 5.73 Å². The van der Waals surface area contributed by atoms with E-state index in [4.69, 9.17) is 10.5 Å². The normalized spacial score (nSPS) is 16.7. The number of nitrogens with one attached hydrogen (secondary N) is 1. The van der Waals surface area contributed by atoms with Crippen molar-refractivity contribution < 1.29 is 18.7 Å². The first-order valence-electron chi connectivity index (χ1n) is 8.87. The van der Waals surface area contributed by atoms with E-state index in [9.17, 15) is 14.0 Å². The highest BCUT2D eigenvalue weighted by atomic mass is 19.1. The van der Waals surface area contributed by atoms with E-state index in [1.165, 1.54) is 23.1 Å². The van der Waals surface area contributed by atoms with E-state index in [0.717, 1.165) is 6.42 Å². The molecule has 0 spiro atoms. The van der Waals surface area contributed by atoms with Gasteiger partial charge in [-0.25, -0.2) is 4.39 Å². The lowest BCUT2D eigenvalue weighted by atomic mass is 10.0. The molecule has 6 nitrogen and oxygen atoms in total. The van der Waals surface area contributed by atoms with Crippen LogP contribution in [0, 0.1) is 5.82 Å². The number of amides is 2. The van der Waals surface area contributed by atoms with Crippen molar-refractivity contribution in [1.29, 1.82) is 0 Å². The molecule has 1 fully saturated rings. The summed E-state index contributed by atoms with van der Waals surface area (Å²) in [6.07, 6.45) is 0.749. The van der Waals surface area contributed by atoms with Crippen molar-refractivity contribution >= 4 is 11.8 Å². The van der Waals surface area contributed by atoms with Gasteiger partial charge in [-0.2, -0.15) is 0 Å². The second-order valence-corrected chi connectivity index (χ2v) is 6.26. The first-order chi connectivity index (χ1) is 13.1. The molecule has 27 heavy (non-hydrogen) atoms. The molecule has 1 saturated heterocycles. The third-order valence-electron chi connectivity index (χ3n) is 4.36. The average Bonchev–Trinajstić information content (AvgIpc) is 2.68. The minimum Gasteiger partial charge on any atom is -0.494 e. The van der Waals surface area contributed by atoms with Crippen LogP contribution in [0.25, 0.3) is 0 Å². The Balaban J connectivity index is 1.80. The second-order valence-electron chi connectivity index (χ2n) is 6.26. The van der Waals surface area contributed by atoms with Crippen molar-refractivity contribution in [3.05, 3.63) is 65.5 Å². The number of halogens is 1. The molecule has 2 aromatic carbocycles. The zero-order chi connectivity index (χ0) is 19.2. The van der Waals surface area contributed by atoms with Crippen molar-refractivity contribution in [3.8, 4) is 5.75 Å². The number of hydrogen-bond donors (Lipinski definition) is 2. The maximum Gasteiger partial charge on any atom is 0.254 e. The summed E-state index contributed by atoms with van der Waals surface area (Å²) in [6.45, 7) is 1.77. The van der Waals surface area contributed by atoms with Crippen LogP contribution in [0.4, 0.5) is 4.39 Å². The number of carbonyl (C=O) groups excluding carboxylic acids is 2. The van der Waals surface area contributed by atoms with E-state index in [-0.39, 0.29) is 11.8 Å². The second kappa shape index (κ2) is 8.64. The summed E-state index contributed by atoms with van der Waals surface area (Å²) >= 11 is 0. The topological polar surface area (TPSA) is 84.7 Å². The summed E-state index contributed by atoms with van der Waals surface area (Å²) in [5.74, 6) is -0.398. The van der Waals surface area contributed by atoms with Crippen LogP contribution in [0.1, 0.15) is 28.4 Å². The fourth-order valence-corrected chi connectivity index (χ4v) is 3.03. The highest BCUT2D eigenvalue weighted by Crippen LogP contribution is 2.26. The van der Waals surface area contributed by atoms with Crippen LogP contribution in [-0.2, 0) is 4.79 Å². The molecular formula is C20H22FN3O3. The number of carbonyl (C=O) groups is 2. The molecule has 0 aliphatic carbocycles. The Hall–Kier alpha value is -2.93. The molecule has 7 heteroatoms. The number of nitrogens with zero attached hydrogens (tertiary/aromatic N) is 1. The van der Waals surface area contributed by atoms with Gasteiger partial charge >= 0.3 is 0 Å². The highest BCUT2D eigenvalue weighted by Gasteiger charge is 2.34. The Morgan fingerprint density at radius 3 is 2.74 bits per heavy atom. The minimum atomic E-state index is -0.859. The van der Waals surface area contributed by atoms with Crippen molar-refractivity contribution in [2.45, 2.75) is 12.5 Å². The largest absolute Gasteiger partial charge is 0.494 e. The van der Waals surface area contributed by atoms with Crippen molar-refractivity contribution in [2.75, 3.05) is 26.2 Å². The number of hydrogen-bond acceptors (Lipinski definition) is 4. The Morgan fingerprint density at radius 1 is 1.26 bits per heavy atom. The fraction of sp³-hybridized carbons (Fsp3) is 0.300. The molecule has 1 aliphatic rings. The van der Waals surface area contributed by atoms with E-state index >= 15 is 0 Å². The van der Waals surface area contributed by atoms with Gasteiger partial charge in [0, 0.05) is 18.7 Å². The molecule has 0 radical (unpaired) electrons. The lowest BCUT2D eigenvalue weighted by Gasteiger charge is -2.35. The van der Waals surface area contributed by atoms with Crippen LogP contribution < -0.4 is 15.8 Å². The van der Waals surface area contributed by atoms with Gasteiger partial charge in [-0.3, -0.25) is 9.59 Å². The molecule has 0 unspecified atom stereocenters. The van der Waals surface area contributed by atoms with Gasteiger partial charge in [0.15, 0.2) is 0 Å². The number of rotatable bonds is 6. The molecule has 1 heterocycles. The molecule has 142 valence electrons. The first kappa shape index (κ1) is 18.8. The van der Waals surface area contributed by atoms with Gasteiger partial charge in [-0.05, 0) is 54.9 Å².